The fourth-order valence-electron chi connectivity index (χ4n) is 4.13. The van der Waals surface area contributed by atoms with Gasteiger partial charge in [0.2, 0.25) is 0 Å². The van der Waals surface area contributed by atoms with Crippen LogP contribution in [0.3, 0.4) is 0 Å². The van der Waals surface area contributed by atoms with Crippen LogP contribution in [-0.2, 0) is 23.7 Å². The van der Waals surface area contributed by atoms with Crippen molar-refractivity contribution < 1.29 is 13.5 Å². The predicted molar refractivity (Wildman–Crippen MR) is 129 cm³/mol. The number of aryl methyl sites for hydroxylation is 1. The second-order valence-electron chi connectivity index (χ2n) is 9.21. The maximum atomic E-state index is 13.4. The summed E-state index contributed by atoms with van der Waals surface area (Å²) in [6.45, 7) is 9.90. The second-order valence-corrected chi connectivity index (χ2v) is 11.8. The van der Waals surface area contributed by atoms with Crippen molar-refractivity contribution in [1.82, 2.24) is 14.7 Å². The number of hydrogen-bond acceptors (Lipinski definition) is 6. The highest BCUT2D eigenvalue weighted by Gasteiger charge is 2.33. The summed E-state index contributed by atoms with van der Waals surface area (Å²) in [6.07, 6.45) is 4.74. The lowest BCUT2D eigenvalue weighted by atomic mass is 10.0. The molecule has 0 radical (unpaired) electrons. The van der Waals surface area contributed by atoms with E-state index in [1.54, 1.807) is 29.3 Å². The second kappa shape index (κ2) is 9.93. The minimum Gasteiger partial charge on any atom is -0.861 e. The lowest BCUT2D eigenvalue weighted by molar-refractivity contribution is -0.217. The maximum absolute atomic E-state index is 13.4. The van der Waals surface area contributed by atoms with E-state index in [0.29, 0.717) is 24.6 Å². The van der Waals surface area contributed by atoms with E-state index in [-0.39, 0.29) is 18.4 Å². The Morgan fingerprint density at radius 2 is 2.03 bits per heavy atom. The fourth-order valence-corrected chi connectivity index (χ4v) is 6.64. The van der Waals surface area contributed by atoms with E-state index >= 15 is 0 Å². The van der Waals surface area contributed by atoms with Gasteiger partial charge in [-0.3, -0.25) is 4.68 Å². The molecule has 1 saturated heterocycles. The van der Waals surface area contributed by atoms with Gasteiger partial charge in [0.25, 0.3) is 0 Å². The van der Waals surface area contributed by atoms with Gasteiger partial charge in [-0.2, -0.15) is 17.9 Å². The van der Waals surface area contributed by atoms with E-state index in [2.05, 4.69) is 42.1 Å². The predicted octanol–water partition coefficient (Wildman–Crippen LogP) is 2.88. The fraction of sp³-hybridized carbons (Fsp3) is 0.636. The van der Waals surface area contributed by atoms with Gasteiger partial charge >= 0.3 is 10.2 Å². The molecule has 0 aliphatic carbocycles. The Bertz CT molecular complexity index is 1060. The van der Waals surface area contributed by atoms with E-state index < -0.39 is 16.1 Å². The molecule has 32 heavy (non-hydrogen) atoms. The molecule has 0 N–H and O–H groups in total. The van der Waals surface area contributed by atoms with Gasteiger partial charge in [0.05, 0.1) is 17.9 Å². The zero-order chi connectivity index (χ0) is 23.6. The number of rotatable bonds is 8. The third-order valence-electron chi connectivity index (χ3n) is 5.64. The third kappa shape index (κ3) is 5.71. The number of thiophene rings is 1. The Labute approximate surface area is 195 Å². The molecule has 1 aliphatic rings. The van der Waals surface area contributed by atoms with E-state index in [9.17, 15) is 13.5 Å². The van der Waals surface area contributed by atoms with Gasteiger partial charge in [0.15, 0.2) is 0 Å². The van der Waals surface area contributed by atoms with Gasteiger partial charge < -0.3 is 10.0 Å². The molecule has 2 aromatic heterocycles. The average molecular weight is 481 g/mol. The van der Waals surface area contributed by atoms with Gasteiger partial charge in [-0.05, 0) is 55.8 Å². The first-order chi connectivity index (χ1) is 15.0. The highest BCUT2D eigenvalue weighted by Crippen LogP contribution is 2.34. The highest BCUT2D eigenvalue weighted by atomic mass is 32.2. The molecular formula is C22H34N5O3S2-. The Kier molecular flexibility index (Phi) is 7.67. The standard InChI is InChI=1S/C22H35N5O3S2/c1-15(2)20-10-17(22(31-20)16(3)4)11-21(28)24-32(29,30)27(19-12-23-26(6)14-19)18-8-7-9-25(5)13-18/h10,12,14-16,18H,7-9,11,13H2,1-6H3,(H,24,28)/p-1. The maximum Gasteiger partial charge on any atom is 0.344 e. The number of aromatic nitrogens is 2. The molecule has 3 rings (SSSR count). The summed E-state index contributed by atoms with van der Waals surface area (Å²) in [4.78, 5) is 4.41. The Morgan fingerprint density at radius 3 is 2.59 bits per heavy atom. The molecule has 8 nitrogen and oxygen atoms in total. The number of nitrogens with zero attached hydrogens (tertiary/aromatic N) is 5. The van der Waals surface area contributed by atoms with Crippen LogP contribution >= 0.6 is 11.3 Å². The number of anilines is 1. The zero-order valence-electron chi connectivity index (χ0n) is 19.8. The Morgan fingerprint density at radius 1 is 1.31 bits per heavy atom. The van der Waals surface area contributed by atoms with E-state index in [1.165, 1.54) is 15.4 Å². The summed E-state index contributed by atoms with van der Waals surface area (Å²) in [6, 6.07) is 1.74. The van der Waals surface area contributed by atoms with Crippen LogP contribution in [0.25, 0.3) is 0 Å². The molecule has 0 saturated carbocycles. The molecule has 1 atom stereocenters. The van der Waals surface area contributed by atoms with Crippen LogP contribution in [0.5, 0.6) is 0 Å². The topological polar surface area (TPSA) is 93.9 Å². The smallest absolute Gasteiger partial charge is 0.344 e. The Hall–Kier alpha value is -1.91. The Balaban J connectivity index is 1.93. The van der Waals surface area contributed by atoms with E-state index in [0.717, 1.165) is 23.4 Å². The first-order valence-electron chi connectivity index (χ1n) is 11.1. The van der Waals surface area contributed by atoms with Crippen LogP contribution < -0.4 is 9.41 Å². The van der Waals surface area contributed by atoms with Crippen molar-refractivity contribution >= 4 is 33.1 Å². The van der Waals surface area contributed by atoms with Crippen molar-refractivity contribution in [3.05, 3.63) is 33.8 Å². The summed E-state index contributed by atoms with van der Waals surface area (Å²) in [5.41, 5.74) is 1.31. The van der Waals surface area contributed by atoms with Gasteiger partial charge in [-0.25, -0.2) is 4.31 Å². The number of hydrogen-bond donors (Lipinski definition) is 0. The largest absolute Gasteiger partial charge is 0.861 e. The van der Waals surface area contributed by atoms with Gasteiger partial charge in [-0.15, -0.1) is 11.3 Å². The lowest BCUT2D eigenvalue weighted by Gasteiger charge is -2.36. The molecule has 1 aliphatic heterocycles. The summed E-state index contributed by atoms with van der Waals surface area (Å²) < 4.78 is 33.3. The molecule has 0 amide bonds. The van der Waals surface area contributed by atoms with Crippen molar-refractivity contribution in [2.24, 2.45) is 11.4 Å². The quantitative estimate of drug-likeness (QED) is 0.428. The molecule has 1 unspecified atom stereocenters. The summed E-state index contributed by atoms with van der Waals surface area (Å²) in [5.74, 6) is -0.0268. The van der Waals surface area contributed by atoms with Gasteiger partial charge in [0, 0.05) is 36.0 Å². The molecule has 3 heterocycles. The van der Waals surface area contributed by atoms with Crippen molar-refractivity contribution in [2.45, 2.75) is 64.8 Å². The van der Waals surface area contributed by atoms with Gasteiger partial charge in [-0.1, -0.05) is 27.7 Å². The molecule has 0 aromatic carbocycles. The molecular weight excluding hydrogens is 446 g/mol. The van der Waals surface area contributed by atoms with Crippen LogP contribution in [0.15, 0.2) is 22.9 Å². The molecule has 0 bridgehead atoms. The highest BCUT2D eigenvalue weighted by molar-refractivity contribution is 7.91. The SMILES string of the molecule is CC(C)c1cc(C/C([O-])=N/S(=O)(=O)N(c2cnn(C)c2)C2CCCN(C)C2)c(C(C)C)s1. The number of likely N-dealkylation sites (tertiary alicyclic amines) is 1. The van der Waals surface area contributed by atoms with Crippen LogP contribution in [-0.4, -0.2) is 55.2 Å². The molecule has 2 aromatic rings. The molecule has 10 heteroatoms. The minimum absolute atomic E-state index is 0.0125. The van der Waals surface area contributed by atoms with E-state index in [1.807, 2.05) is 13.1 Å². The van der Waals surface area contributed by atoms with E-state index in [4.69, 9.17) is 0 Å². The van der Waals surface area contributed by atoms with Crippen molar-refractivity contribution in [2.75, 3.05) is 24.4 Å². The first-order valence-corrected chi connectivity index (χ1v) is 13.3. The lowest BCUT2D eigenvalue weighted by Crippen LogP contribution is -2.49. The summed E-state index contributed by atoms with van der Waals surface area (Å²) >= 11 is 1.69. The molecule has 178 valence electrons. The first kappa shape index (κ1) is 24.7. The van der Waals surface area contributed by atoms with Crippen LogP contribution in [0.2, 0.25) is 0 Å². The van der Waals surface area contributed by atoms with Crippen LogP contribution in [0.4, 0.5) is 5.69 Å². The average Bonchev–Trinajstić information content (AvgIpc) is 3.27. The minimum atomic E-state index is -4.21. The number of piperidine rings is 1. The van der Waals surface area contributed by atoms with Gasteiger partial charge in [0.1, 0.15) is 0 Å². The number of likely N-dealkylation sites (N-methyl/N-ethyl adjacent to an activating group) is 1. The van der Waals surface area contributed by atoms with Crippen molar-refractivity contribution in [3.63, 3.8) is 0 Å². The molecule has 1 fully saturated rings. The van der Waals surface area contributed by atoms with Crippen molar-refractivity contribution in [3.8, 4) is 0 Å². The van der Waals surface area contributed by atoms with Crippen LogP contribution in [0, 0.1) is 0 Å². The normalized spacial score (nSPS) is 18.6. The third-order valence-corrected chi connectivity index (χ3v) is 8.86. The van der Waals surface area contributed by atoms with Crippen LogP contribution in [0.1, 0.15) is 67.7 Å². The summed E-state index contributed by atoms with van der Waals surface area (Å²) in [5, 5.41) is 17.0. The monoisotopic (exact) mass is 480 g/mol. The van der Waals surface area contributed by atoms with Crippen molar-refractivity contribution in [1.29, 1.82) is 0 Å². The molecule has 0 spiro atoms. The summed E-state index contributed by atoms with van der Waals surface area (Å²) in [7, 11) is -0.508. The zero-order valence-corrected chi connectivity index (χ0v) is 21.4.